The van der Waals surface area contributed by atoms with E-state index in [2.05, 4.69) is 42.7 Å². The number of fused-ring (bicyclic) bond motifs is 1. The van der Waals surface area contributed by atoms with Crippen molar-refractivity contribution in [1.29, 1.82) is 0 Å². The van der Waals surface area contributed by atoms with E-state index in [0.717, 1.165) is 12.0 Å². The average Bonchev–Trinajstić information content (AvgIpc) is 2.44. The zero-order valence-electron chi connectivity index (χ0n) is 10.9. The van der Waals surface area contributed by atoms with Crippen molar-refractivity contribution >= 4 is 10.8 Å². The summed E-state index contributed by atoms with van der Waals surface area (Å²) in [6.07, 6.45) is 0.995. The van der Waals surface area contributed by atoms with Gasteiger partial charge in [-0.3, -0.25) is 11.3 Å². The minimum absolute atomic E-state index is 0.0182. The van der Waals surface area contributed by atoms with Gasteiger partial charge >= 0.3 is 0 Å². The average molecular weight is 244 g/mol. The lowest BCUT2D eigenvalue weighted by Crippen LogP contribution is -2.37. The van der Waals surface area contributed by atoms with Crippen LogP contribution in [0.3, 0.4) is 0 Å². The van der Waals surface area contributed by atoms with Gasteiger partial charge in [-0.1, -0.05) is 43.3 Å². The van der Waals surface area contributed by atoms with E-state index in [1.54, 1.807) is 7.11 Å². The van der Waals surface area contributed by atoms with Gasteiger partial charge < -0.3 is 4.74 Å². The molecule has 2 aromatic carbocycles. The lowest BCUT2D eigenvalue weighted by atomic mass is 9.97. The summed E-state index contributed by atoms with van der Waals surface area (Å²) >= 11 is 0. The molecule has 0 radical (unpaired) electrons. The number of benzene rings is 2. The van der Waals surface area contributed by atoms with Crippen LogP contribution in [0.4, 0.5) is 0 Å². The lowest BCUT2D eigenvalue weighted by Gasteiger charge is -2.25. The molecule has 18 heavy (non-hydrogen) atoms. The zero-order chi connectivity index (χ0) is 13.0. The summed E-state index contributed by atoms with van der Waals surface area (Å²) in [5.41, 5.74) is 4.02. The fourth-order valence-electron chi connectivity index (χ4n) is 2.36. The van der Waals surface area contributed by atoms with Crippen LogP contribution in [0.2, 0.25) is 0 Å². The molecule has 0 aliphatic rings. The molecule has 2 unspecified atom stereocenters. The first kappa shape index (κ1) is 13.0. The molecule has 0 spiro atoms. The van der Waals surface area contributed by atoms with Gasteiger partial charge in [0.1, 0.15) is 0 Å². The van der Waals surface area contributed by atoms with Gasteiger partial charge in [-0.2, -0.15) is 0 Å². The number of ether oxygens (including phenoxy) is 1. The minimum atomic E-state index is 0.0182. The molecule has 0 bridgehead atoms. The van der Waals surface area contributed by atoms with E-state index >= 15 is 0 Å². The van der Waals surface area contributed by atoms with Gasteiger partial charge in [-0.15, -0.1) is 0 Å². The van der Waals surface area contributed by atoms with E-state index in [1.807, 2.05) is 12.1 Å². The second kappa shape index (κ2) is 5.96. The van der Waals surface area contributed by atoms with Crippen molar-refractivity contribution in [2.75, 3.05) is 7.11 Å². The third kappa shape index (κ3) is 2.53. The molecule has 3 N–H and O–H groups in total. The van der Waals surface area contributed by atoms with Crippen molar-refractivity contribution in [1.82, 2.24) is 5.43 Å². The Kier molecular flexibility index (Phi) is 4.31. The molecule has 2 atom stereocenters. The van der Waals surface area contributed by atoms with Gasteiger partial charge in [0.25, 0.3) is 0 Å². The van der Waals surface area contributed by atoms with E-state index in [0.29, 0.717) is 0 Å². The lowest BCUT2D eigenvalue weighted by molar-refractivity contribution is 0.0651. The van der Waals surface area contributed by atoms with Gasteiger partial charge in [0, 0.05) is 7.11 Å². The third-order valence-corrected chi connectivity index (χ3v) is 3.39. The smallest absolute Gasteiger partial charge is 0.0776 e. The van der Waals surface area contributed by atoms with Crippen LogP contribution < -0.4 is 11.3 Å². The third-order valence-electron chi connectivity index (χ3n) is 3.39. The summed E-state index contributed by atoms with van der Waals surface area (Å²) in [7, 11) is 1.72. The number of rotatable bonds is 5. The summed E-state index contributed by atoms with van der Waals surface area (Å²) in [6.45, 7) is 2.10. The first-order chi connectivity index (χ1) is 8.80. The highest BCUT2D eigenvalue weighted by Gasteiger charge is 2.20. The van der Waals surface area contributed by atoms with Crippen LogP contribution in [0.5, 0.6) is 0 Å². The first-order valence-electron chi connectivity index (χ1n) is 6.27. The molecule has 96 valence electrons. The summed E-state index contributed by atoms with van der Waals surface area (Å²) in [5, 5.41) is 2.46. The molecule has 0 heterocycles. The van der Waals surface area contributed by atoms with E-state index in [-0.39, 0.29) is 12.1 Å². The van der Waals surface area contributed by atoms with Gasteiger partial charge in [-0.05, 0) is 28.8 Å². The Morgan fingerprint density at radius 1 is 1.17 bits per heavy atom. The summed E-state index contributed by atoms with van der Waals surface area (Å²) < 4.78 is 5.48. The normalized spacial score (nSPS) is 14.6. The van der Waals surface area contributed by atoms with E-state index in [4.69, 9.17) is 10.6 Å². The Morgan fingerprint density at radius 2 is 1.89 bits per heavy atom. The molecule has 0 aromatic heterocycles. The predicted octanol–water partition coefficient (Wildman–Crippen LogP) is 2.77. The summed E-state index contributed by atoms with van der Waals surface area (Å²) in [4.78, 5) is 0. The molecule has 2 rings (SSSR count). The maximum Gasteiger partial charge on any atom is 0.0776 e. The topological polar surface area (TPSA) is 47.3 Å². The summed E-state index contributed by atoms with van der Waals surface area (Å²) in [5.74, 6) is 5.67. The molecule has 2 aromatic rings. The maximum atomic E-state index is 5.67. The van der Waals surface area contributed by atoms with Crippen molar-refractivity contribution in [3.63, 3.8) is 0 Å². The van der Waals surface area contributed by atoms with Gasteiger partial charge in [0.2, 0.25) is 0 Å². The maximum absolute atomic E-state index is 5.67. The molecular weight excluding hydrogens is 224 g/mol. The highest BCUT2D eigenvalue weighted by molar-refractivity contribution is 5.83. The van der Waals surface area contributed by atoms with Gasteiger partial charge in [0.05, 0.1) is 12.1 Å². The van der Waals surface area contributed by atoms with Crippen molar-refractivity contribution in [2.24, 2.45) is 5.84 Å². The van der Waals surface area contributed by atoms with Crippen molar-refractivity contribution < 1.29 is 4.74 Å². The molecule has 0 aliphatic carbocycles. The SMILES string of the molecule is CCC(OC)C(NN)c1ccc2ccccc2c1. The molecule has 0 saturated carbocycles. The quantitative estimate of drug-likeness (QED) is 0.628. The second-order valence-electron chi connectivity index (χ2n) is 4.43. The molecule has 0 fully saturated rings. The van der Waals surface area contributed by atoms with E-state index in [1.165, 1.54) is 10.8 Å². The monoisotopic (exact) mass is 244 g/mol. The Labute approximate surface area is 108 Å². The van der Waals surface area contributed by atoms with Crippen LogP contribution in [0.25, 0.3) is 10.8 Å². The van der Waals surface area contributed by atoms with Crippen molar-refractivity contribution in [2.45, 2.75) is 25.5 Å². The number of hydrogen-bond acceptors (Lipinski definition) is 3. The first-order valence-corrected chi connectivity index (χ1v) is 6.27. The molecule has 3 heteroatoms. The van der Waals surface area contributed by atoms with Crippen LogP contribution in [-0.4, -0.2) is 13.2 Å². The Bertz CT molecular complexity index is 509. The second-order valence-corrected chi connectivity index (χ2v) is 4.43. The molecular formula is C15H20N2O. The van der Waals surface area contributed by atoms with Crippen LogP contribution in [0.15, 0.2) is 42.5 Å². The Morgan fingerprint density at radius 3 is 2.50 bits per heavy atom. The highest BCUT2D eigenvalue weighted by atomic mass is 16.5. The van der Waals surface area contributed by atoms with E-state index < -0.39 is 0 Å². The number of hydrogen-bond donors (Lipinski definition) is 2. The number of nitrogens with two attached hydrogens (primary N) is 1. The molecule has 0 amide bonds. The number of nitrogens with one attached hydrogen (secondary N) is 1. The summed E-state index contributed by atoms with van der Waals surface area (Å²) in [6, 6.07) is 14.7. The zero-order valence-corrected chi connectivity index (χ0v) is 10.9. The van der Waals surface area contributed by atoms with Crippen molar-refractivity contribution in [3.05, 3.63) is 48.0 Å². The van der Waals surface area contributed by atoms with Crippen LogP contribution in [-0.2, 0) is 4.74 Å². The molecule has 3 nitrogen and oxygen atoms in total. The standard InChI is InChI=1S/C15H20N2O/c1-3-14(18-2)15(17-16)13-9-8-11-6-4-5-7-12(11)10-13/h4-10,14-15,17H,3,16H2,1-2H3. The number of methoxy groups -OCH3 is 1. The Balaban J connectivity index is 2.39. The molecule has 0 aliphatic heterocycles. The van der Waals surface area contributed by atoms with Crippen LogP contribution >= 0.6 is 0 Å². The molecule has 0 saturated heterocycles. The van der Waals surface area contributed by atoms with E-state index in [9.17, 15) is 0 Å². The minimum Gasteiger partial charge on any atom is -0.379 e. The van der Waals surface area contributed by atoms with Crippen LogP contribution in [0.1, 0.15) is 24.9 Å². The fraction of sp³-hybridized carbons (Fsp3) is 0.333. The Hall–Kier alpha value is -1.42. The largest absolute Gasteiger partial charge is 0.379 e. The fourth-order valence-corrected chi connectivity index (χ4v) is 2.36. The van der Waals surface area contributed by atoms with Crippen molar-refractivity contribution in [3.8, 4) is 0 Å². The number of hydrazine groups is 1. The predicted molar refractivity (Wildman–Crippen MR) is 75.1 cm³/mol. The van der Waals surface area contributed by atoms with Crippen LogP contribution in [0, 0.1) is 0 Å². The highest BCUT2D eigenvalue weighted by Crippen LogP contribution is 2.24. The van der Waals surface area contributed by atoms with Gasteiger partial charge in [-0.25, -0.2) is 0 Å². The van der Waals surface area contributed by atoms with Gasteiger partial charge in [0.15, 0.2) is 0 Å².